The van der Waals surface area contributed by atoms with E-state index in [0.29, 0.717) is 27.6 Å². The Morgan fingerprint density at radius 2 is 0.440 bits per heavy atom. The molecule has 31 nitrogen and oxygen atoms in total. The molecular formula is C78H61O31+5. The highest BCUT2D eigenvalue weighted by molar-refractivity contribution is 5.93. The molecule has 5 aromatic heterocycles. The zero-order valence-corrected chi connectivity index (χ0v) is 56.3. The minimum atomic E-state index is -0.695. The molecule has 5 heterocycles. The summed E-state index contributed by atoms with van der Waals surface area (Å²) in [6.45, 7) is 0. The van der Waals surface area contributed by atoms with Crippen molar-refractivity contribution < 1.29 is 154 Å². The Labute approximate surface area is 609 Å². The molecule has 0 amide bonds. The predicted molar refractivity (Wildman–Crippen MR) is 388 cm³/mol. The van der Waals surface area contributed by atoms with E-state index < -0.39 is 17.2 Å². The maximum atomic E-state index is 10.2. The molecule has 0 aliphatic rings. The van der Waals surface area contributed by atoms with Gasteiger partial charge in [-0.25, -0.2) is 22.1 Å². The van der Waals surface area contributed by atoms with Crippen LogP contribution in [0.1, 0.15) is 0 Å². The Balaban J connectivity index is 0.000000135. The number of ether oxygens (including phenoxy) is 3. The highest BCUT2D eigenvalue weighted by Gasteiger charge is 2.31. The second kappa shape index (κ2) is 30.2. The van der Waals surface area contributed by atoms with Crippen LogP contribution in [0.2, 0.25) is 0 Å². The fraction of sp³-hybridized carbons (Fsp3) is 0.0385. The van der Waals surface area contributed by atoms with Gasteiger partial charge in [0.1, 0.15) is 90.2 Å². The van der Waals surface area contributed by atoms with Gasteiger partial charge in [-0.3, -0.25) is 0 Å². The third kappa shape index (κ3) is 15.7. The molecule has 31 heteroatoms. The molecule has 554 valence electrons. The molecular weight excluding hydrogens is 1430 g/mol. The monoisotopic (exact) mass is 1490 g/mol. The molecule has 0 atom stereocenters. The van der Waals surface area contributed by atoms with Gasteiger partial charge in [-0.15, -0.1) is 0 Å². The summed E-state index contributed by atoms with van der Waals surface area (Å²) in [5.41, 5.74) is 2.69. The first kappa shape index (κ1) is 74.2. The van der Waals surface area contributed by atoms with Gasteiger partial charge in [0.2, 0.25) is 34.5 Å². The van der Waals surface area contributed by atoms with Gasteiger partial charge in [0.15, 0.2) is 51.7 Å². The van der Waals surface area contributed by atoms with Crippen LogP contribution in [0.3, 0.4) is 0 Å². The Kier molecular flexibility index (Phi) is 20.5. The first-order valence-electron chi connectivity index (χ1n) is 31.3. The van der Waals surface area contributed by atoms with Crippen molar-refractivity contribution in [3.63, 3.8) is 0 Å². The molecule has 0 spiro atoms. The van der Waals surface area contributed by atoms with Gasteiger partial charge in [-0.1, -0.05) is 0 Å². The molecule has 0 saturated heterocycles. The molecule has 0 saturated carbocycles. The molecule has 0 aliphatic heterocycles. The largest absolute Gasteiger partial charge is 0.508 e. The molecule has 0 fully saturated rings. The van der Waals surface area contributed by atoms with Gasteiger partial charge in [0, 0.05) is 97.1 Å². The minimum absolute atomic E-state index is 0.0304. The summed E-state index contributed by atoms with van der Waals surface area (Å²) in [7, 11) is 4.17. The van der Waals surface area contributed by atoms with Crippen molar-refractivity contribution in [2.24, 2.45) is 0 Å². The number of hydrogen-bond acceptors (Lipinski definition) is 26. The topological polar surface area (TPSA) is 549 Å². The van der Waals surface area contributed by atoms with E-state index in [2.05, 4.69) is 0 Å². The van der Waals surface area contributed by atoms with Crippen molar-refractivity contribution in [1.82, 2.24) is 0 Å². The Morgan fingerprint density at radius 1 is 0.183 bits per heavy atom. The summed E-state index contributed by atoms with van der Waals surface area (Å²) >= 11 is 0. The average molecular weight is 1490 g/mol. The lowest BCUT2D eigenvalue weighted by atomic mass is 10.1. The molecule has 0 bridgehead atoms. The second-order valence-electron chi connectivity index (χ2n) is 23.4. The Morgan fingerprint density at radius 3 is 0.752 bits per heavy atom. The van der Waals surface area contributed by atoms with Gasteiger partial charge in [-0.2, -0.15) is 0 Å². The van der Waals surface area contributed by atoms with Crippen molar-refractivity contribution in [3.05, 3.63) is 176 Å². The van der Waals surface area contributed by atoms with Crippen LogP contribution in [-0.4, -0.2) is 139 Å². The van der Waals surface area contributed by atoms with Crippen LogP contribution in [0.15, 0.2) is 198 Å². The van der Waals surface area contributed by atoms with Crippen LogP contribution in [0.4, 0.5) is 0 Å². The van der Waals surface area contributed by atoms with Crippen molar-refractivity contribution in [1.29, 1.82) is 0 Å². The maximum absolute atomic E-state index is 10.2. The number of phenols is 18. The lowest BCUT2D eigenvalue weighted by Crippen LogP contribution is -1.91. The molecule has 15 rings (SSSR count). The van der Waals surface area contributed by atoms with Crippen LogP contribution in [0.5, 0.6) is 149 Å². The van der Waals surface area contributed by atoms with E-state index in [9.17, 15) is 117 Å². The first-order valence-corrected chi connectivity index (χ1v) is 31.3. The van der Waals surface area contributed by atoms with Crippen LogP contribution in [-0.2, 0) is 0 Å². The minimum Gasteiger partial charge on any atom is -0.508 e. The molecule has 0 unspecified atom stereocenters. The summed E-state index contributed by atoms with van der Waals surface area (Å²) in [5, 5.41) is 224. The highest BCUT2D eigenvalue weighted by Crippen LogP contribution is 2.49. The third-order valence-electron chi connectivity index (χ3n) is 16.0. The Hall–Kier alpha value is -16.0. The molecule has 109 heavy (non-hydrogen) atoms. The van der Waals surface area contributed by atoms with Gasteiger partial charge in [0.25, 0.3) is 0 Å². The van der Waals surface area contributed by atoms with Gasteiger partial charge in [-0.05, 0) is 48.5 Å². The zero-order chi connectivity index (χ0) is 78.7. The normalized spacial score (nSPS) is 10.8. The summed E-state index contributed by atoms with van der Waals surface area (Å²) in [5.74, 6) is -5.11. The first-order chi connectivity index (χ1) is 51.8. The van der Waals surface area contributed by atoms with Crippen LogP contribution >= 0.6 is 0 Å². The summed E-state index contributed by atoms with van der Waals surface area (Å²) in [6.07, 6.45) is 0. The van der Waals surface area contributed by atoms with E-state index in [4.69, 9.17) is 36.3 Å². The summed E-state index contributed by atoms with van der Waals surface area (Å²) < 4.78 is 42.8. The lowest BCUT2D eigenvalue weighted by Gasteiger charge is -2.09. The van der Waals surface area contributed by atoms with E-state index in [1.807, 2.05) is 0 Å². The fourth-order valence-corrected chi connectivity index (χ4v) is 10.8. The van der Waals surface area contributed by atoms with Gasteiger partial charge >= 0.3 is 56.7 Å². The van der Waals surface area contributed by atoms with Crippen LogP contribution in [0.25, 0.3) is 111 Å². The smallest absolute Gasteiger partial charge is 0.402 e. The second-order valence-corrected chi connectivity index (χ2v) is 23.4. The summed E-state index contributed by atoms with van der Waals surface area (Å²) in [4.78, 5) is 0. The van der Waals surface area contributed by atoms with E-state index in [1.54, 1.807) is 18.2 Å². The molecule has 0 aliphatic carbocycles. The van der Waals surface area contributed by atoms with Crippen molar-refractivity contribution in [2.75, 3.05) is 21.3 Å². The molecule has 0 radical (unpaired) electrons. The number of hydrogen-bond donors (Lipinski definition) is 23. The van der Waals surface area contributed by atoms with Gasteiger partial charge < -0.3 is 132 Å². The van der Waals surface area contributed by atoms with Crippen LogP contribution in [0, 0.1) is 0 Å². The average Bonchev–Trinajstić information content (AvgIpc) is 0.798. The van der Waals surface area contributed by atoms with E-state index in [-0.39, 0.29) is 216 Å². The highest BCUT2D eigenvalue weighted by atomic mass is 16.5. The van der Waals surface area contributed by atoms with Crippen molar-refractivity contribution >= 4 is 54.8 Å². The summed E-state index contributed by atoms with van der Waals surface area (Å²) in [6, 6.07) is 38.3. The maximum Gasteiger partial charge on any atom is 0.402 e. The van der Waals surface area contributed by atoms with Gasteiger partial charge in [0.05, 0.1) is 79.5 Å². The van der Waals surface area contributed by atoms with E-state index >= 15 is 0 Å². The fourth-order valence-electron chi connectivity index (χ4n) is 10.8. The molecule has 23 N–H and O–H groups in total. The van der Waals surface area contributed by atoms with E-state index in [1.165, 1.54) is 137 Å². The zero-order valence-electron chi connectivity index (χ0n) is 56.3. The lowest BCUT2D eigenvalue weighted by molar-refractivity contribution is 0.340. The van der Waals surface area contributed by atoms with Crippen molar-refractivity contribution in [2.45, 2.75) is 0 Å². The number of phenolic OH excluding ortho intramolecular Hbond substituents is 18. The SMILES string of the molecule is COc1cc(-c2[o+]c3cc(O)cc(O)c3cc2O)cc(OC)c1O.COc1cc(-c2[o+]c3cc(O)cc(O)c3cc2O)ccc1O.Oc1cc(O)c2cc(O)c(-c3cc(O)c(O)c(O)c3)[o+]c2c1.Oc1cc(O)c2cc(O)c(-c3ccc(O)c(O)c3)[o+]c2c1.Oc1ccc(-c2[o+]c3cc(O)cc(O)c3cc2O)cc1. The quantitative estimate of drug-likeness (QED) is 0.0496. The predicted octanol–water partition coefficient (Wildman–Crippen LogP) is 15.2. The van der Waals surface area contributed by atoms with E-state index in [0.717, 1.165) is 42.5 Å². The third-order valence-corrected chi connectivity index (χ3v) is 16.0. The number of methoxy groups -OCH3 is 3. The number of aromatic hydroxyl groups is 23. The Bertz CT molecular complexity index is 6020. The van der Waals surface area contributed by atoms with Crippen molar-refractivity contribution in [3.8, 4) is 206 Å². The standard InChI is InChI=1S/C17H14O7.C16H12O6.C15H10O7.C15H10O6.C15H10O5/c1-22-14-3-8(4-15(23-2)16(14)21)17-12(20)7-10-11(19)5-9(18)6-13(10)24-17;1-21-15-4-8(2-3-11(15)18)16-13(20)7-10-12(19)5-9(17)6-14(10)22-16;16-7-3-9(17)8-5-12(20)15(22-13(8)4-7)6-1-10(18)14(21)11(19)2-6;16-8-4-11(18)9-6-13(20)15(21-14(9)5-8)7-1-2-10(17)12(19)3-7;16-9-3-1-8(2-4-9)15-13(19)7-11-12(18)5-10(17)6-14(11)20-15/h3-7H,1-2H3,(H3-,18,19,20,21);2-7H,1H3,(H3-,17,18,19,20);1-5H,(H5-,16,17,18,19,20,21);1-6H,(H4-,16,17,18,19,20);1-7H,(H3-,16,17,18,19)/p+5. The number of benzene rings is 10. The molecule has 15 aromatic rings. The number of rotatable bonds is 8. The van der Waals surface area contributed by atoms with Crippen LogP contribution < -0.4 is 14.2 Å². The molecule has 10 aromatic carbocycles. The number of fused-ring (bicyclic) bond motifs is 5.